The molecule has 0 heterocycles. The van der Waals surface area contributed by atoms with E-state index in [2.05, 4.69) is 23.5 Å². The van der Waals surface area contributed by atoms with Crippen molar-refractivity contribution in [2.75, 3.05) is 52.3 Å². The number of nitrogens with zero attached hydrogens (tertiary/aromatic N) is 1. The number of hydrogen-bond donors (Lipinski definition) is 1. The van der Waals surface area contributed by atoms with E-state index in [1.54, 1.807) is 7.11 Å². The van der Waals surface area contributed by atoms with Gasteiger partial charge in [-0.3, -0.25) is 4.90 Å². The van der Waals surface area contributed by atoms with Gasteiger partial charge in [0.15, 0.2) is 0 Å². The molecule has 0 aliphatic rings. The number of rotatable bonds is 12. The van der Waals surface area contributed by atoms with Crippen LogP contribution in [0.1, 0.15) is 20.8 Å². The molecule has 0 saturated heterocycles. The molecule has 0 aliphatic heterocycles. The van der Waals surface area contributed by atoms with Gasteiger partial charge in [-0.05, 0) is 20.0 Å². The van der Waals surface area contributed by atoms with E-state index in [0.717, 1.165) is 13.1 Å². The molecule has 0 rings (SSSR count). The van der Waals surface area contributed by atoms with Gasteiger partial charge in [0.2, 0.25) is 10.0 Å². The Morgan fingerprint density at radius 1 is 1.16 bits per heavy atom. The third-order valence-electron chi connectivity index (χ3n) is 2.96. The molecule has 0 radical (unpaired) electrons. The number of hydrogen-bond acceptors (Lipinski definition) is 5. The topological polar surface area (TPSA) is 67.9 Å². The standard InChI is InChI=1S/C12H28N2O4S/c1-5-14(6-2)12(3)11-13-19(15,16)10-9-18-8-7-17-4/h12-13H,5-11H2,1-4H3. The van der Waals surface area contributed by atoms with Crippen LogP contribution in [0.5, 0.6) is 0 Å². The summed E-state index contributed by atoms with van der Waals surface area (Å²) in [5.74, 6) is -0.0122. The van der Waals surface area contributed by atoms with E-state index in [1.807, 2.05) is 6.92 Å². The zero-order chi connectivity index (χ0) is 14.7. The Balaban J connectivity index is 3.89. The molecular weight excluding hydrogens is 268 g/mol. The van der Waals surface area contributed by atoms with E-state index in [9.17, 15) is 8.42 Å². The minimum Gasteiger partial charge on any atom is -0.382 e. The summed E-state index contributed by atoms with van der Waals surface area (Å²) >= 11 is 0. The fraction of sp³-hybridized carbons (Fsp3) is 1.00. The number of sulfonamides is 1. The van der Waals surface area contributed by atoms with Crippen LogP contribution in [0, 0.1) is 0 Å². The SMILES string of the molecule is CCN(CC)C(C)CNS(=O)(=O)CCOCCOC. The Labute approximate surface area is 117 Å². The van der Waals surface area contributed by atoms with E-state index in [1.165, 1.54) is 0 Å². The number of methoxy groups -OCH3 is 1. The highest BCUT2D eigenvalue weighted by molar-refractivity contribution is 7.89. The van der Waals surface area contributed by atoms with Gasteiger partial charge in [0.05, 0.1) is 25.6 Å². The monoisotopic (exact) mass is 296 g/mol. The molecule has 0 fully saturated rings. The van der Waals surface area contributed by atoms with Gasteiger partial charge in [-0.25, -0.2) is 13.1 Å². The Hall–Kier alpha value is -0.210. The first kappa shape index (κ1) is 18.8. The van der Waals surface area contributed by atoms with Crippen LogP contribution >= 0.6 is 0 Å². The van der Waals surface area contributed by atoms with Gasteiger partial charge in [-0.2, -0.15) is 0 Å². The molecule has 1 N–H and O–H groups in total. The molecule has 0 aliphatic carbocycles. The van der Waals surface area contributed by atoms with Crippen LogP contribution in [0.4, 0.5) is 0 Å². The molecule has 0 aromatic rings. The Kier molecular flexibility index (Phi) is 10.4. The van der Waals surface area contributed by atoms with Crippen molar-refractivity contribution in [3.8, 4) is 0 Å². The summed E-state index contributed by atoms with van der Waals surface area (Å²) in [6, 6.07) is 0.194. The van der Waals surface area contributed by atoms with Crippen molar-refractivity contribution < 1.29 is 17.9 Å². The molecule has 7 heteroatoms. The van der Waals surface area contributed by atoms with Gasteiger partial charge in [-0.1, -0.05) is 13.8 Å². The van der Waals surface area contributed by atoms with Gasteiger partial charge >= 0.3 is 0 Å². The summed E-state index contributed by atoms with van der Waals surface area (Å²) < 4.78 is 36.0. The third kappa shape index (κ3) is 9.34. The summed E-state index contributed by atoms with van der Waals surface area (Å²) in [6.07, 6.45) is 0. The summed E-state index contributed by atoms with van der Waals surface area (Å²) in [5, 5.41) is 0. The molecule has 1 atom stereocenters. The minimum atomic E-state index is -3.26. The Morgan fingerprint density at radius 2 is 1.79 bits per heavy atom. The first-order chi connectivity index (χ1) is 8.96. The predicted octanol–water partition coefficient (Wildman–Crippen LogP) is 0.299. The Morgan fingerprint density at radius 3 is 2.32 bits per heavy atom. The molecule has 19 heavy (non-hydrogen) atoms. The molecule has 1 unspecified atom stereocenters. The van der Waals surface area contributed by atoms with Crippen molar-refractivity contribution in [2.24, 2.45) is 0 Å². The van der Waals surface area contributed by atoms with E-state index in [-0.39, 0.29) is 18.4 Å². The largest absolute Gasteiger partial charge is 0.382 e. The zero-order valence-corrected chi connectivity index (χ0v) is 13.3. The van der Waals surface area contributed by atoms with Crippen molar-refractivity contribution in [3.63, 3.8) is 0 Å². The number of nitrogens with one attached hydrogen (secondary N) is 1. The Bertz CT molecular complexity index is 305. The summed E-state index contributed by atoms with van der Waals surface area (Å²) in [6.45, 7) is 9.51. The van der Waals surface area contributed by atoms with Crippen molar-refractivity contribution in [3.05, 3.63) is 0 Å². The first-order valence-corrected chi connectivity index (χ1v) is 8.40. The van der Waals surface area contributed by atoms with Crippen LogP contribution in [0.2, 0.25) is 0 Å². The van der Waals surface area contributed by atoms with Crippen LogP contribution in [-0.2, 0) is 19.5 Å². The maximum Gasteiger partial charge on any atom is 0.213 e. The fourth-order valence-corrected chi connectivity index (χ4v) is 2.69. The summed E-state index contributed by atoms with van der Waals surface area (Å²) in [7, 11) is -1.68. The normalized spacial score (nSPS) is 13.9. The lowest BCUT2D eigenvalue weighted by Gasteiger charge is -2.26. The highest BCUT2D eigenvalue weighted by atomic mass is 32.2. The lowest BCUT2D eigenvalue weighted by Crippen LogP contribution is -2.42. The van der Waals surface area contributed by atoms with E-state index >= 15 is 0 Å². The number of ether oxygens (including phenoxy) is 2. The molecule has 0 aromatic heterocycles. The number of likely N-dealkylation sites (N-methyl/N-ethyl adjacent to an activating group) is 1. The minimum absolute atomic E-state index is 0.0122. The second kappa shape index (κ2) is 10.6. The van der Waals surface area contributed by atoms with E-state index < -0.39 is 10.0 Å². The molecule has 0 aromatic carbocycles. The first-order valence-electron chi connectivity index (χ1n) is 6.74. The molecular formula is C12H28N2O4S. The van der Waals surface area contributed by atoms with Crippen LogP contribution in [-0.4, -0.2) is 71.7 Å². The lowest BCUT2D eigenvalue weighted by molar-refractivity contribution is 0.0784. The molecule has 6 nitrogen and oxygen atoms in total. The van der Waals surface area contributed by atoms with Crippen LogP contribution < -0.4 is 4.72 Å². The molecule has 0 amide bonds. The van der Waals surface area contributed by atoms with Gasteiger partial charge in [0.1, 0.15) is 0 Å². The second-order valence-electron chi connectivity index (χ2n) is 4.34. The van der Waals surface area contributed by atoms with Crippen LogP contribution in [0.25, 0.3) is 0 Å². The lowest BCUT2D eigenvalue weighted by atomic mass is 10.3. The molecule has 0 spiro atoms. The maximum atomic E-state index is 11.7. The second-order valence-corrected chi connectivity index (χ2v) is 6.27. The smallest absolute Gasteiger partial charge is 0.213 e. The maximum absolute atomic E-state index is 11.7. The highest BCUT2D eigenvalue weighted by Gasteiger charge is 2.15. The van der Waals surface area contributed by atoms with Crippen LogP contribution in [0.15, 0.2) is 0 Å². The highest BCUT2D eigenvalue weighted by Crippen LogP contribution is 1.97. The van der Waals surface area contributed by atoms with Crippen molar-refractivity contribution in [2.45, 2.75) is 26.8 Å². The quantitative estimate of drug-likeness (QED) is 0.525. The average Bonchev–Trinajstić information content (AvgIpc) is 2.38. The molecule has 116 valence electrons. The van der Waals surface area contributed by atoms with Gasteiger partial charge < -0.3 is 9.47 Å². The van der Waals surface area contributed by atoms with Gasteiger partial charge in [0, 0.05) is 19.7 Å². The third-order valence-corrected chi connectivity index (χ3v) is 4.27. The van der Waals surface area contributed by atoms with Crippen molar-refractivity contribution in [1.29, 1.82) is 0 Å². The van der Waals surface area contributed by atoms with Crippen molar-refractivity contribution >= 4 is 10.0 Å². The molecule has 0 saturated carbocycles. The average molecular weight is 296 g/mol. The fourth-order valence-electron chi connectivity index (χ4n) is 1.71. The zero-order valence-electron chi connectivity index (χ0n) is 12.5. The van der Waals surface area contributed by atoms with E-state index in [0.29, 0.717) is 19.8 Å². The predicted molar refractivity (Wildman–Crippen MR) is 76.9 cm³/mol. The van der Waals surface area contributed by atoms with Crippen LogP contribution in [0.3, 0.4) is 0 Å². The van der Waals surface area contributed by atoms with Gasteiger partial charge in [0.25, 0.3) is 0 Å². The van der Waals surface area contributed by atoms with Gasteiger partial charge in [-0.15, -0.1) is 0 Å². The van der Waals surface area contributed by atoms with Crippen molar-refractivity contribution in [1.82, 2.24) is 9.62 Å². The summed E-state index contributed by atoms with van der Waals surface area (Å²) in [4.78, 5) is 2.21. The summed E-state index contributed by atoms with van der Waals surface area (Å²) in [5.41, 5.74) is 0. The van der Waals surface area contributed by atoms with E-state index in [4.69, 9.17) is 9.47 Å². The molecule has 0 bridgehead atoms.